The molecule has 0 aliphatic carbocycles. The Bertz CT molecular complexity index is 3330. The van der Waals surface area contributed by atoms with Crippen molar-refractivity contribution in [1.82, 2.24) is 14.5 Å². The number of imidazole rings is 1. The topological polar surface area (TPSA) is 50.9 Å². The van der Waals surface area contributed by atoms with Crippen LogP contribution in [0.15, 0.2) is 164 Å². The van der Waals surface area contributed by atoms with Gasteiger partial charge in [0.05, 0.1) is 22.3 Å². The van der Waals surface area contributed by atoms with E-state index in [2.05, 4.69) is 176 Å². The molecule has 0 saturated heterocycles. The maximum atomic E-state index is 12.4. The largest absolute Gasteiger partial charge is 0.507 e. The van der Waals surface area contributed by atoms with E-state index in [1.807, 2.05) is 42.5 Å². The van der Waals surface area contributed by atoms with Crippen LogP contribution < -0.4 is 0 Å². The van der Waals surface area contributed by atoms with Crippen molar-refractivity contribution in [2.75, 3.05) is 0 Å². The molecule has 9 rings (SSSR count). The molecule has 340 valence electrons. The Hall–Kier alpha value is -6.35. The van der Waals surface area contributed by atoms with E-state index < -0.39 is 6.85 Å². The second-order valence-corrected chi connectivity index (χ2v) is 19.8. The predicted octanol–water partition coefficient (Wildman–Crippen LogP) is 16.8. The number of aryl methyl sites for hydroxylation is 1. The Balaban J connectivity index is 0.00000659. The summed E-state index contributed by atoms with van der Waals surface area (Å²) in [7, 11) is 0. The molecule has 0 unspecified atom stereocenters. The van der Waals surface area contributed by atoms with Crippen LogP contribution >= 0.6 is 0 Å². The number of phenolic OH excluding ortho intramolecular Hbond substituents is 1. The zero-order valence-electron chi connectivity index (χ0n) is 42.8. The van der Waals surface area contributed by atoms with E-state index in [4.69, 9.17) is 14.1 Å². The summed E-state index contributed by atoms with van der Waals surface area (Å²) < 4.78 is 25.9. The zero-order valence-corrected chi connectivity index (χ0v) is 42.1. The fraction of sp³-hybridized carbons (Fsp3) is 0.226. The first-order valence-electron chi connectivity index (χ1n) is 24.6. The number of pyridine rings is 1. The van der Waals surface area contributed by atoms with Crippen LogP contribution in [-0.4, -0.2) is 19.6 Å². The van der Waals surface area contributed by atoms with Crippen LogP contribution in [0.2, 0.25) is 0 Å². The molecule has 0 bridgehead atoms. The van der Waals surface area contributed by atoms with Gasteiger partial charge in [-0.1, -0.05) is 200 Å². The summed E-state index contributed by atoms with van der Waals surface area (Å²) in [6, 6.07) is 57.5. The Labute approximate surface area is 416 Å². The van der Waals surface area contributed by atoms with Crippen molar-refractivity contribution in [1.29, 1.82) is 0 Å². The molecule has 5 heteroatoms. The van der Waals surface area contributed by atoms with E-state index in [9.17, 15) is 5.11 Å². The van der Waals surface area contributed by atoms with Gasteiger partial charge >= 0.3 is 0 Å². The third kappa shape index (κ3) is 9.09. The molecule has 2 heterocycles. The average Bonchev–Trinajstić information content (AvgIpc) is 3.73. The van der Waals surface area contributed by atoms with E-state index in [0.717, 1.165) is 83.6 Å². The van der Waals surface area contributed by atoms with Crippen molar-refractivity contribution in [3.05, 3.63) is 192 Å². The molecule has 67 heavy (non-hydrogen) atoms. The van der Waals surface area contributed by atoms with Crippen molar-refractivity contribution in [3.8, 4) is 78.6 Å². The average molecular weight is 1060 g/mol. The first-order valence-corrected chi connectivity index (χ1v) is 23.1. The monoisotopic (exact) mass is 1060 g/mol. The van der Waals surface area contributed by atoms with E-state index in [1.165, 1.54) is 5.56 Å². The van der Waals surface area contributed by atoms with Crippen LogP contribution in [0.5, 0.6) is 5.75 Å². The number of aromatic hydroxyl groups is 1. The maximum absolute atomic E-state index is 12.4. The van der Waals surface area contributed by atoms with Gasteiger partial charge < -0.3 is 5.11 Å². The second kappa shape index (κ2) is 18.7. The van der Waals surface area contributed by atoms with E-state index >= 15 is 0 Å². The van der Waals surface area contributed by atoms with Crippen molar-refractivity contribution in [2.45, 2.75) is 86.4 Å². The van der Waals surface area contributed by atoms with Gasteiger partial charge in [0.15, 0.2) is 0 Å². The number of phenols is 1. The number of hydrogen-bond acceptors (Lipinski definition) is 3. The van der Waals surface area contributed by atoms with Gasteiger partial charge in [-0.25, -0.2) is 4.98 Å². The quantitative estimate of drug-likeness (QED) is 0.139. The van der Waals surface area contributed by atoms with Crippen LogP contribution in [0, 0.1) is 18.3 Å². The molecule has 0 spiro atoms. The number of fused-ring (bicyclic) bond motifs is 1. The summed E-state index contributed by atoms with van der Waals surface area (Å²) in [6.07, 6.45) is 1.79. The Morgan fingerprint density at radius 1 is 0.597 bits per heavy atom. The minimum Gasteiger partial charge on any atom is -0.507 e. The summed E-state index contributed by atoms with van der Waals surface area (Å²) in [5.41, 5.74) is 16.0. The van der Waals surface area contributed by atoms with Crippen molar-refractivity contribution < 1.29 is 30.3 Å². The number of para-hydroxylation sites is 1. The first-order chi connectivity index (χ1) is 32.8. The van der Waals surface area contributed by atoms with Gasteiger partial charge in [0.25, 0.3) is 0 Å². The van der Waals surface area contributed by atoms with Gasteiger partial charge in [-0.2, -0.15) is 0 Å². The second-order valence-electron chi connectivity index (χ2n) is 19.8. The van der Waals surface area contributed by atoms with Crippen LogP contribution in [0.3, 0.4) is 0 Å². The van der Waals surface area contributed by atoms with Gasteiger partial charge in [-0.3, -0.25) is 9.55 Å². The minimum absolute atomic E-state index is 0. The summed E-state index contributed by atoms with van der Waals surface area (Å²) in [4.78, 5) is 10.5. The smallest absolute Gasteiger partial charge is 0.148 e. The minimum atomic E-state index is -2.18. The number of hydrogen-bond donors (Lipinski definition) is 1. The van der Waals surface area contributed by atoms with Gasteiger partial charge in [-0.15, -0.1) is 23.8 Å². The molecule has 0 aliphatic rings. The normalized spacial score (nSPS) is 12.8. The SMILES string of the molecule is [2H]C([2H])([2H])c1ccc(-c2ccnc(-c3[c-]c(-c4cccc5c4nc(-c4cc(C(C)C)cc(C(C)C)c4O)n5-c4ccc(C(C)(C)C(C)(C)C)cc4-c4ccccc4)cc(-c4ccccc4)c3)c2)cc1.[Pt]. The molecular formula is C62H60N3OPt-. The molecular weight excluding hydrogens is 998 g/mol. The first kappa shape index (κ1) is 43.2. The van der Waals surface area contributed by atoms with E-state index in [1.54, 1.807) is 18.3 Å². The van der Waals surface area contributed by atoms with Crippen molar-refractivity contribution in [3.63, 3.8) is 0 Å². The predicted molar refractivity (Wildman–Crippen MR) is 277 cm³/mol. The number of nitrogens with zero attached hydrogens (tertiary/aromatic N) is 3. The van der Waals surface area contributed by atoms with Gasteiger partial charge in [0.2, 0.25) is 0 Å². The summed E-state index contributed by atoms with van der Waals surface area (Å²) >= 11 is 0. The number of benzene rings is 7. The van der Waals surface area contributed by atoms with E-state index in [-0.39, 0.29) is 49.5 Å². The van der Waals surface area contributed by atoms with Crippen molar-refractivity contribution in [2.24, 2.45) is 5.41 Å². The molecule has 9 aromatic rings. The van der Waals surface area contributed by atoms with Crippen molar-refractivity contribution >= 4 is 11.0 Å². The molecule has 0 radical (unpaired) electrons. The molecule has 4 nitrogen and oxygen atoms in total. The van der Waals surface area contributed by atoms with Crippen LogP contribution in [0.25, 0.3) is 83.9 Å². The number of aromatic nitrogens is 3. The molecule has 0 amide bonds. The van der Waals surface area contributed by atoms with Crippen LogP contribution in [-0.2, 0) is 26.5 Å². The van der Waals surface area contributed by atoms with Gasteiger partial charge in [0, 0.05) is 42.6 Å². The molecule has 7 aromatic carbocycles. The summed E-state index contributed by atoms with van der Waals surface area (Å²) in [6.45, 7) is 18.0. The zero-order chi connectivity index (χ0) is 49.0. The van der Waals surface area contributed by atoms with Crippen LogP contribution in [0.4, 0.5) is 0 Å². The summed E-state index contributed by atoms with van der Waals surface area (Å²) in [5, 5.41) is 12.4. The molecule has 0 saturated carbocycles. The Morgan fingerprint density at radius 2 is 1.27 bits per heavy atom. The van der Waals surface area contributed by atoms with Crippen LogP contribution in [0.1, 0.15) is 101 Å². The molecule has 2 aromatic heterocycles. The third-order valence-electron chi connectivity index (χ3n) is 13.8. The molecule has 1 N–H and O–H groups in total. The maximum Gasteiger partial charge on any atom is 0.148 e. The Kier molecular flexibility index (Phi) is 12.1. The molecule has 0 aliphatic heterocycles. The fourth-order valence-corrected chi connectivity index (χ4v) is 8.84. The standard InChI is InChI=1S/C62H60N3O.Pt/c1-39(2)46-35-52(40(3)4)59(66)54(36-46)60-64-58-51(22-17-23-57(58)65(60)56-29-28-50(62(9,10)61(6,7)8)38-53(56)44-20-15-12-16-21-44)48-32-47(42-18-13-11-14-19-42)33-49(34-48)55-37-45(30-31-63-55)43-26-24-41(5)25-27-43;/h11-33,35-40,66H,1-10H3;/q-1;/i5D3;. The fourth-order valence-electron chi connectivity index (χ4n) is 8.84. The summed E-state index contributed by atoms with van der Waals surface area (Å²) in [5.74, 6) is 1.17. The Morgan fingerprint density at radius 3 is 1.93 bits per heavy atom. The van der Waals surface area contributed by atoms with Gasteiger partial charge in [0.1, 0.15) is 11.6 Å². The molecule has 0 atom stereocenters. The molecule has 0 fully saturated rings. The number of rotatable bonds is 10. The third-order valence-corrected chi connectivity index (χ3v) is 13.8. The van der Waals surface area contributed by atoms with Gasteiger partial charge in [-0.05, 0) is 98.8 Å². The van der Waals surface area contributed by atoms with E-state index in [0.29, 0.717) is 17.0 Å².